The molecule has 0 unspecified atom stereocenters. The number of carbonyl (C=O) groups is 2. The fourth-order valence-corrected chi connectivity index (χ4v) is 3.32. The Hall–Kier alpha value is -1.99. The second-order valence-corrected chi connectivity index (χ2v) is 7.11. The Morgan fingerprint density at radius 2 is 2.17 bits per heavy atom. The van der Waals surface area contributed by atoms with Crippen LogP contribution in [0.4, 0.5) is 10.1 Å². The Kier molecular flexibility index (Phi) is 4.82. The van der Waals surface area contributed by atoms with Gasteiger partial charge in [0.2, 0.25) is 5.91 Å². The monoisotopic (exact) mass is 367 g/mol. The van der Waals surface area contributed by atoms with Gasteiger partial charge in [0.15, 0.2) is 0 Å². The first-order valence-electron chi connectivity index (χ1n) is 7.44. The summed E-state index contributed by atoms with van der Waals surface area (Å²) in [5, 5.41) is 6.20. The highest BCUT2D eigenvalue weighted by atomic mass is 35.5. The zero-order valence-corrected chi connectivity index (χ0v) is 14.4. The third-order valence-electron chi connectivity index (χ3n) is 3.48. The Morgan fingerprint density at radius 1 is 1.42 bits per heavy atom. The van der Waals surface area contributed by atoms with Crippen molar-refractivity contribution in [2.75, 3.05) is 5.32 Å². The first-order chi connectivity index (χ1) is 11.4. The lowest BCUT2D eigenvalue weighted by Crippen LogP contribution is -2.25. The van der Waals surface area contributed by atoms with Gasteiger partial charge in [-0.3, -0.25) is 9.59 Å². The van der Waals surface area contributed by atoms with E-state index in [2.05, 4.69) is 15.6 Å². The van der Waals surface area contributed by atoms with Gasteiger partial charge in [0.1, 0.15) is 15.7 Å². The number of benzene rings is 1. The van der Waals surface area contributed by atoms with Crippen molar-refractivity contribution in [1.82, 2.24) is 10.3 Å². The largest absolute Gasteiger partial charge is 0.349 e. The van der Waals surface area contributed by atoms with E-state index in [9.17, 15) is 14.0 Å². The van der Waals surface area contributed by atoms with Crippen LogP contribution in [0.1, 0.15) is 33.2 Å². The Bertz CT molecular complexity index is 805. The Labute approximate surface area is 147 Å². The van der Waals surface area contributed by atoms with Crippen molar-refractivity contribution in [1.29, 1.82) is 0 Å². The maximum absolute atomic E-state index is 13.0. The SMILES string of the molecule is Cc1nc(CC(=O)Nc2ccc(F)cc2Cl)sc1C(=O)NC1CC1. The molecule has 1 fully saturated rings. The van der Waals surface area contributed by atoms with Crippen molar-refractivity contribution in [2.45, 2.75) is 32.2 Å². The molecule has 0 atom stereocenters. The third kappa shape index (κ3) is 4.10. The van der Waals surface area contributed by atoms with Crippen LogP contribution in [-0.2, 0) is 11.2 Å². The number of rotatable bonds is 5. The molecule has 24 heavy (non-hydrogen) atoms. The molecule has 1 aromatic carbocycles. The van der Waals surface area contributed by atoms with E-state index >= 15 is 0 Å². The van der Waals surface area contributed by atoms with Crippen LogP contribution >= 0.6 is 22.9 Å². The fraction of sp³-hybridized carbons (Fsp3) is 0.312. The number of nitrogens with one attached hydrogen (secondary N) is 2. The lowest BCUT2D eigenvalue weighted by molar-refractivity contribution is -0.115. The molecule has 2 aromatic rings. The average Bonchev–Trinajstić information content (AvgIpc) is 3.23. The molecule has 1 aromatic heterocycles. The van der Waals surface area contributed by atoms with E-state index in [1.807, 2.05) is 0 Å². The highest BCUT2D eigenvalue weighted by Crippen LogP contribution is 2.25. The topological polar surface area (TPSA) is 71.1 Å². The lowest BCUT2D eigenvalue weighted by Gasteiger charge is -2.06. The molecule has 5 nitrogen and oxygen atoms in total. The third-order valence-corrected chi connectivity index (χ3v) is 4.95. The first kappa shape index (κ1) is 16.9. The standard InChI is InChI=1S/C16H15ClFN3O2S/c1-8-15(16(23)20-10-3-4-10)24-14(19-8)7-13(22)21-12-5-2-9(18)6-11(12)17/h2,5-6,10H,3-4,7H2,1H3,(H,20,23)(H,21,22). The maximum atomic E-state index is 13.0. The van der Waals surface area contributed by atoms with Crippen molar-refractivity contribution >= 4 is 40.4 Å². The zero-order valence-electron chi connectivity index (χ0n) is 12.9. The number of aryl methyl sites for hydroxylation is 1. The number of anilines is 1. The molecule has 3 rings (SSSR count). The number of nitrogens with zero attached hydrogens (tertiary/aromatic N) is 1. The van der Waals surface area contributed by atoms with Crippen LogP contribution in [0.25, 0.3) is 0 Å². The van der Waals surface area contributed by atoms with Crippen LogP contribution in [0, 0.1) is 12.7 Å². The van der Waals surface area contributed by atoms with Crippen LogP contribution in [0.5, 0.6) is 0 Å². The van der Waals surface area contributed by atoms with Crippen molar-refractivity contribution in [3.8, 4) is 0 Å². The van der Waals surface area contributed by atoms with E-state index in [0.29, 0.717) is 21.3 Å². The minimum absolute atomic E-state index is 0.0237. The summed E-state index contributed by atoms with van der Waals surface area (Å²) in [4.78, 5) is 29.0. The summed E-state index contributed by atoms with van der Waals surface area (Å²) in [5.74, 6) is -0.938. The van der Waals surface area contributed by atoms with Gasteiger partial charge < -0.3 is 10.6 Å². The molecule has 1 aliphatic rings. The molecule has 126 valence electrons. The van der Waals surface area contributed by atoms with Crippen LogP contribution in [0.3, 0.4) is 0 Å². The van der Waals surface area contributed by atoms with Gasteiger partial charge >= 0.3 is 0 Å². The van der Waals surface area contributed by atoms with Crippen LogP contribution < -0.4 is 10.6 Å². The lowest BCUT2D eigenvalue weighted by atomic mass is 10.3. The summed E-state index contributed by atoms with van der Waals surface area (Å²) < 4.78 is 13.0. The maximum Gasteiger partial charge on any atom is 0.263 e. The fourth-order valence-electron chi connectivity index (χ4n) is 2.14. The predicted molar refractivity (Wildman–Crippen MR) is 91.1 cm³/mol. The predicted octanol–water partition coefficient (Wildman–Crippen LogP) is 3.32. The normalized spacial score (nSPS) is 13.6. The minimum atomic E-state index is -0.472. The molecule has 0 saturated heterocycles. The number of amides is 2. The molecule has 2 amide bonds. The van der Waals surface area contributed by atoms with E-state index in [1.54, 1.807) is 6.92 Å². The second-order valence-electron chi connectivity index (χ2n) is 5.62. The summed E-state index contributed by atoms with van der Waals surface area (Å²) in [6.45, 7) is 1.75. The second kappa shape index (κ2) is 6.86. The Balaban J connectivity index is 1.64. The number of carbonyl (C=O) groups excluding carboxylic acids is 2. The van der Waals surface area contributed by atoms with E-state index in [0.717, 1.165) is 18.9 Å². The summed E-state index contributed by atoms with van der Waals surface area (Å²) in [7, 11) is 0. The number of hydrogen-bond donors (Lipinski definition) is 2. The Morgan fingerprint density at radius 3 is 2.83 bits per heavy atom. The van der Waals surface area contributed by atoms with Gasteiger partial charge in [0.25, 0.3) is 5.91 Å². The van der Waals surface area contributed by atoms with E-state index < -0.39 is 5.82 Å². The van der Waals surface area contributed by atoms with Crippen molar-refractivity contribution in [2.24, 2.45) is 0 Å². The molecule has 0 spiro atoms. The average molecular weight is 368 g/mol. The highest BCUT2D eigenvalue weighted by molar-refractivity contribution is 7.13. The van der Waals surface area contributed by atoms with E-state index in [1.165, 1.54) is 23.5 Å². The van der Waals surface area contributed by atoms with E-state index in [4.69, 9.17) is 11.6 Å². The molecule has 1 saturated carbocycles. The smallest absolute Gasteiger partial charge is 0.263 e. The van der Waals surface area contributed by atoms with Crippen molar-refractivity contribution in [3.05, 3.63) is 44.6 Å². The zero-order chi connectivity index (χ0) is 17.3. The van der Waals surface area contributed by atoms with Crippen molar-refractivity contribution < 1.29 is 14.0 Å². The summed E-state index contributed by atoms with van der Waals surface area (Å²) >= 11 is 7.09. The molecule has 2 N–H and O–H groups in total. The van der Waals surface area contributed by atoms with Gasteiger partial charge in [-0.1, -0.05) is 11.6 Å². The summed E-state index contributed by atoms with van der Waals surface area (Å²) in [6.07, 6.45) is 2.05. The van der Waals surface area contributed by atoms with Gasteiger partial charge in [0, 0.05) is 6.04 Å². The first-order valence-corrected chi connectivity index (χ1v) is 8.64. The van der Waals surface area contributed by atoms with Gasteiger partial charge in [0.05, 0.1) is 22.8 Å². The molecule has 8 heteroatoms. The van der Waals surface area contributed by atoms with Gasteiger partial charge in [-0.05, 0) is 38.0 Å². The highest BCUT2D eigenvalue weighted by Gasteiger charge is 2.26. The molecular weight excluding hydrogens is 353 g/mol. The molecule has 0 aliphatic heterocycles. The van der Waals surface area contributed by atoms with Gasteiger partial charge in [-0.25, -0.2) is 9.37 Å². The molecule has 0 radical (unpaired) electrons. The molecular formula is C16H15ClFN3O2S. The summed E-state index contributed by atoms with van der Waals surface area (Å²) in [5.41, 5.74) is 0.948. The van der Waals surface area contributed by atoms with Crippen LogP contribution in [-0.4, -0.2) is 22.8 Å². The summed E-state index contributed by atoms with van der Waals surface area (Å²) in [6, 6.07) is 4.02. The minimum Gasteiger partial charge on any atom is -0.349 e. The molecule has 1 aliphatic carbocycles. The van der Waals surface area contributed by atoms with Crippen LogP contribution in [0.15, 0.2) is 18.2 Å². The van der Waals surface area contributed by atoms with Crippen LogP contribution in [0.2, 0.25) is 5.02 Å². The quantitative estimate of drug-likeness (QED) is 0.851. The van der Waals surface area contributed by atoms with E-state index in [-0.39, 0.29) is 29.3 Å². The number of thiazole rings is 1. The van der Waals surface area contributed by atoms with Crippen molar-refractivity contribution in [3.63, 3.8) is 0 Å². The van der Waals surface area contributed by atoms with Gasteiger partial charge in [-0.15, -0.1) is 11.3 Å². The molecule has 0 bridgehead atoms. The van der Waals surface area contributed by atoms with Gasteiger partial charge in [-0.2, -0.15) is 0 Å². The number of aromatic nitrogens is 1. The molecule has 1 heterocycles. The number of halogens is 2. The number of hydrogen-bond acceptors (Lipinski definition) is 4.